The van der Waals surface area contributed by atoms with Crippen molar-refractivity contribution in [3.63, 3.8) is 0 Å². The van der Waals surface area contributed by atoms with E-state index < -0.39 is 0 Å². The Kier molecular flexibility index (Phi) is 3.65. The lowest BCUT2D eigenvalue weighted by atomic mass is 9.97. The molecule has 0 saturated carbocycles. The largest absolute Gasteiger partial charge is 0.310 e. The summed E-state index contributed by atoms with van der Waals surface area (Å²) in [6.07, 6.45) is 3.69. The van der Waals surface area contributed by atoms with Crippen LogP contribution in [-0.4, -0.2) is 6.54 Å². The van der Waals surface area contributed by atoms with Crippen molar-refractivity contribution in [1.82, 2.24) is 5.32 Å². The number of rotatable bonds is 4. The summed E-state index contributed by atoms with van der Waals surface area (Å²) in [4.78, 5) is 0. The maximum atomic E-state index is 3.62. The zero-order chi connectivity index (χ0) is 11.5. The van der Waals surface area contributed by atoms with Crippen LogP contribution in [0.2, 0.25) is 0 Å². The van der Waals surface area contributed by atoms with Gasteiger partial charge in [-0.3, -0.25) is 0 Å². The predicted octanol–water partition coefficient (Wildman–Crippen LogP) is 3.80. The van der Waals surface area contributed by atoms with Gasteiger partial charge in [0.05, 0.1) is 0 Å². The Morgan fingerprint density at radius 3 is 2.62 bits per heavy atom. The van der Waals surface area contributed by atoms with E-state index in [1.165, 1.54) is 18.4 Å². The molecular weight excluding hydrogens is 194 g/mol. The Bertz CT molecular complexity index is 356. The molecular formula is C15H23N. The van der Waals surface area contributed by atoms with Gasteiger partial charge in [0.15, 0.2) is 0 Å². The molecule has 0 fully saturated rings. The molecule has 2 unspecified atom stereocenters. The van der Waals surface area contributed by atoms with Crippen molar-refractivity contribution in [1.29, 1.82) is 0 Å². The van der Waals surface area contributed by atoms with Crippen molar-refractivity contribution >= 4 is 0 Å². The van der Waals surface area contributed by atoms with Gasteiger partial charge in [0, 0.05) is 6.04 Å². The molecule has 1 nitrogen and oxygen atoms in total. The number of aryl methyl sites for hydroxylation is 1. The Morgan fingerprint density at radius 2 is 2.00 bits per heavy atom. The molecule has 88 valence electrons. The quantitative estimate of drug-likeness (QED) is 0.809. The van der Waals surface area contributed by atoms with Crippen LogP contribution in [0.5, 0.6) is 0 Å². The van der Waals surface area contributed by atoms with Crippen LogP contribution in [0.3, 0.4) is 0 Å². The van der Waals surface area contributed by atoms with Gasteiger partial charge in [-0.25, -0.2) is 0 Å². The van der Waals surface area contributed by atoms with Gasteiger partial charge in [-0.2, -0.15) is 0 Å². The van der Waals surface area contributed by atoms with E-state index in [4.69, 9.17) is 0 Å². The summed E-state index contributed by atoms with van der Waals surface area (Å²) in [6, 6.07) is 7.67. The van der Waals surface area contributed by atoms with Gasteiger partial charge in [0.1, 0.15) is 0 Å². The number of fused-ring (bicyclic) bond motifs is 1. The second-order valence-corrected chi connectivity index (χ2v) is 4.77. The van der Waals surface area contributed by atoms with Crippen LogP contribution in [0.15, 0.2) is 18.2 Å². The highest BCUT2D eigenvalue weighted by molar-refractivity contribution is 5.41. The third kappa shape index (κ3) is 2.01. The topological polar surface area (TPSA) is 12.0 Å². The highest BCUT2D eigenvalue weighted by Crippen LogP contribution is 2.42. The van der Waals surface area contributed by atoms with Crippen LogP contribution >= 0.6 is 0 Å². The summed E-state index contributed by atoms with van der Waals surface area (Å²) in [7, 11) is 0. The lowest BCUT2D eigenvalue weighted by Gasteiger charge is -2.13. The summed E-state index contributed by atoms with van der Waals surface area (Å²) < 4.78 is 0. The highest BCUT2D eigenvalue weighted by atomic mass is 14.9. The van der Waals surface area contributed by atoms with Crippen molar-refractivity contribution in [3.05, 3.63) is 34.9 Å². The Hall–Kier alpha value is -0.820. The average Bonchev–Trinajstić information content (AvgIpc) is 2.67. The van der Waals surface area contributed by atoms with Crippen LogP contribution in [0.1, 0.15) is 62.3 Å². The van der Waals surface area contributed by atoms with Crippen molar-refractivity contribution < 1.29 is 0 Å². The summed E-state index contributed by atoms with van der Waals surface area (Å²) >= 11 is 0. The molecule has 2 atom stereocenters. The molecule has 0 aromatic heterocycles. The van der Waals surface area contributed by atoms with Crippen LogP contribution < -0.4 is 5.32 Å². The van der Waals surface area contributed by atoms with Gasteiger partial charge in [-0.1, -0.05) is 39.0 Å². The summed E-state index contributed by atoms with van der Waals surface area (Å²) in [5.41, 5.74) is 4.62. The fourth-order valence-corrected chi connectivity index (χ4v) is 2.88. The van der Waals surface area contributed by atoms with Gasteiger partial charge in [-0.05, 0) is 48.4 Å². The first-order valence-electron chi connectivity index (χ1n) is 6.66. The van der Waals surface area contributed by atoms with Crippen LogP contribution in [0.4, 0.5) is 0 Å². The molecule has 1 N–H and O–H groups in total. The second-order valence-electron chi connectivity index (χ2n) is 4.77. The number of hydrogen-bond acceptors (Lipinski definition) is 1. The molecule has 0 heterocycles. The number of hydrogen-bond donors (Lipinski definition) is 1. The maximum absolute atomic E-state index is 3.62. The number of benzene rings is 1. The average molecular weight is 217 g/mol. The van der Waals surface area contributed by atoms with Crippen LogP contribution in [0, 0.1) is 0 Å². The highest BCUT2D eigenvalue weighted by Gasteiger charge is 2.28. The predicted molar refractivity (Wildman–Crippen MR) is 69.9 cm³/mol. The summed E-state index contributed by atoms with van der Waals surface area (Å²) in [5.74, 6) is 0.768. The number of nitrogens with one attached hydrogen (secondary N) is 1. The fraction of sp³-hybridized carbons (Fsp3) is 0.600. The molecule has 0 bridgehead atoms. The van der Waals surface area contributed by atoms with Crippen molar-refractivity contribution in [3.8, 4) is 0 Å². The van der Waals surface area contributed by atoms with Crippen molar-refractivity contribution in [2.75, 3.05) is 6.54 Å². The Labute approximate surface area is 99.3 Å². The van der Waals surface area contributed by atoms with E-state index in [-0.39, 0.29) is 0 Å². The van der Waals surface area contributed by atoms with E-state index in [0.29, 0.717) is 6.04 Å². The van der Waals surface area contributed by atoms with Gasteiger partial charge in [-0.15, -0.1) is 0 Å². The third-order valence-electron chi connectivity index (χ3n) is 3.84. The van der Waals surface area contributed by atoms with E-state index in [0.717, 1.165) is 18.9 Å². The lowest BCUT2D eigenvalue weighted by molar-refractivity contribution is 0.501. The molecule has 0 aliphatic heterocycles. The second kappa shape index (κ2) is 5.01. The van der Waals surface area contributed by atoms with E-state index in [2.05, 4.69) is 44.3 Å². The minimum absolute atomic E-state index is 0.594. The minimum atomic E-state index is 0.594. The molecule has 1 aromatic carbocycles. The monoisotopic (exact) mass is 217 g/mol. The van der Waals surface area contributed by atoms with E-state index >= 15 is 0 Å². The normalized spacial score (nSPS) is 23.4. The van der Waals surface area contributed by atoms with Crippen molar-refractivity contribution in [2.45, 2.75) is 52.0 Å². The molecule has 0 spiro atoms. The Balaban J connectivity index is 2.33. The zero-order valence-electron chi connectivity index (χ0n) is 10.7. The molecule has 0 amide bonds. The molecule has 1 aromatic rings. The first kappa shape index (κ1) is 11.7. The van der Waals surface area contributed by atoms with E-state index in [1.807, 2.05) is 0 Å². The van der Waals surface area contributed by atoms with Crippen molar-refractivity contribution in [2.24, 2.45) is 0 Å². The fourth-order valence-electron chi connectivity index (χ4n) is 2.88. The summed E-state index contributed by atoms with van der Waals surface area (Å²) in [6.45, 7) is 7.80. The van der Waals surface area contributed by atoms with E-state index in [1.54, 1.807) is 11.1 Å². The Morgan fingerprint density at radius 1 is 1.19 bits per heavy atom. The van der Waals surface area contributed by atoms with Crippen LogP contribution in [-0.2, 0) is 6.42 Å². The maximum Gasteiger partial charge on any atom is 0.0328 e. The van der Waals surface area contributed by atoms with Gasteiger partial charge < -0.3 is 5.32 Å². The molecule has 1 aliphatic carbocycles. The SMILES string of the molecule is CCNC1CC(CC)c2ccc(CC)cc21. The van der Waals surface area contributed by atoms with Gasteiger partial charge in [0.25, 0.3) is 0 Å². The first-order valence-corrected chi connectivity index (χ1v) is 6.66. The van der Waals surface area contributed by atoms with E-state index in [9.17, 15) is 0 Å². The molecule has 2 rings (SSSR count). The van der Waals surface area contributed by atoms with Crippen LogP contribution in [0.25, 0.3) is 0 Å². The van der Waals surface area contributed by atoms with Gasteiger partial charge in [0.2, 0.25) is 0 Å². The minimum Gasteiger partial charge on any atom is -0.310 e. The molecule has 0 radical (unpaired) electrons. The molecule has 1 heteroatoms. The molecule has 1 aliphatic rings. The lowest BCUT2D eigenvalue weighted by Crippen LogP contribution is -2.18. The third-order valence-corrected chi connectivity index (χ3v) is 3.84. The molecule has 16 heavy (non-hydrogen) atoms. The summed E-state index contributed by atoms with van der Waals surface area (Å²) in [5, 5.41) is 3.62. The zero-order valence-corrected chi connectivity index (χ0v) is 10.7. The van der Waals surface area contributed by atoms with Gasteiger partial charge >= 0.3 is 0 Å². The standard InChI is InChI=1S/C15H23N/c1-4-11-7-8-13-12(5-2)10-15(16-6-3)14(13)9-11/h7-9,12,15-16H,4-6,10H2,1-3H3. The first-order chi connectivity index (χ1) is 7.80. The molecule has 0 saturated heterocycles. The smallest absolute Gasteiger partial charge is 0.0328 e.